The molecule has 2 rings (SSSR count). The molecule has 0 unspecified atom stereocenters. The number of anilines is 1. The molecule has 0 spiro atoms. The van der Waals surface area contributed by atoms with Crippen molar-refractivity contribution < 1.29 is 19.4 Å². The van der Waals surface area contributed by atoms with Gasteiger partial charge in [0.05, 0.1) is 5.92 Å². The summed E-state index contributed by atoms with van der Waals surface area (Å²) >= 11 is 0. The Bertz CT molecular complexity index is 512. The second kappa shape index (κ2) is 5.56. The molecule has 1 atom stereocenters. The molecule has 0 radical (unpaired) electrons. The Morgan fingerprint density at radius 1 is 1.58 bits per heavy atom. The Balaban J connectivity index is 2.15. The largest absolute Gasteiger partial charge is 0.489 e. The molecule has 0 aromatic heterocycles. The highest BCUT2D eigenvalue weighted by molar-refractivity contribution is 5.99. The summed E-state index contributed by atoms with van der Waals surface area (Å²) in [5, 5.41) is 8.95. The smallest absolute Gasteiger partial charge is 0.308 e. The van der Waals surface area contributed by atoms with Crippen molar-refractivity contribution in [3.05, 3.63) is 36.9 Å². The molecule has 100 valence electrons. The van der Waals surface area contributed by atoms with Gasteiger partial charge < -0.3 is 14.7 Å². The standard InChI is InChI=1S/C14H15NO4/c1-2-6-19-12-5-3-4-11(8-12)15-9-10(14(17)18)7-13(15)16/h2-5,8,10H,1,6-7,9H2,(H,17,18)/t10-/m0/s1. The van der Waals surface area contributed by atoms with Gasteiger partial charge in [-0.2, -0.15) is 0 Å². The van der Waals surface area contributed by atoms with Gasteiger partial charge in [0.25, 0.3) is 0 Å². The highest BCUT2D eigenvalue weighted by Gasteiger charge is 2.35. The Kier molecular flexibility index (Phi) is 3.85. The van der Waals surface area contributed by atoms with E-state index in [0.29, 0.717) is 18.0 Å². The van der Waals surface area contributed by atoms with Gasteiger partial charge in [0.2, 0.25) is 5.91 Å². The van der Waals surface area contributed by atoms with Crippen LogP contribution in [0.1, 0.15) is 6.42 Å². The molecule has 0 aliphatic carbocycles. The van der Waals surface area contributed by atoms with Crippen LogP contribution in [0.3, 0.4) is 0 Å². The molecule has 19 heavy (non-hydrogen) atoms. The minimum absolute atomic E-state index is 0.0487. The topological polar surface area (TPSA) is 66.8 Å². The zero-order valence-corrected chi connectivity index (χ0v) is 10.4. The third-order valence-corrected chi connectivity index (χ3v) is 2.97. The molecule has 1 fully saturated rings. The lowest BCUT2D eigenvalue weighted by molar-refractivity contribution is -0.141. The Hall–Kier alpha value is -2.30. The SMILES string of the molecule is C=CCOc1cccc(N2C[C@@H](C(=O)O)CC2=O)c1. The molecule has 0 saturated carbocycles. The number of carboxylic acids is 1. The summed E-state index contributed by atoms with van der Waals surface area (Å²) < 4.78 is 5.39. The fourth-order valence-corrected chi connectivity index (χ4v) is 2.02. The van der Waals surface area contributed by atoms with E-state index in [2.05, 4.69) is 6.58 Å². The van der Waals surface area contributed by atoms with E-state index in [1.54, 1.807) is 30.3 Å². The molecule has 1 saturated heterocycles. The zero-order valence-electron chi connectivity index (χ0n) is 10.4. The fourth-order valence-electron chi connectivity index (χ4n) is 2.02. The predicted octanol–water partition coefficient (Wildman–Crippen LogP) is 1.69. The molecule has 1 N–H and O–H groups in total. The number of hydrogen-bond donors (Lipinski definition) is 1. The first-order valence-corrected chi connectivity index (χ1v) is 5.98. The summed E-state index contributed by atoms with van der Waals surface area (Å²) in [4.78, 5) is 24.2. The minimum Gasteiger partial charge on any atom is -0.489 e. The van der Waals surface area contributed by atoms with Crippen LogP contribution >= 0.6 is 0 Å². The first-order chi connectivity index (χ1) is 9.11. The first-order valence-electron chi connectivity index (χ1n) is 5.98. The van der Waals surface area contributed by atoms with Gasteiger partial charge in [-0.25, -0.2) is 0 Å². The lowest BCUT2D eigenvalue weighted by atomic mass is 10.1. The highest BCUT2D eigenvalue weighted by Crippen LogP contribution is 2.28. The van der Waals surface area contributed by atoms with Crippen LogP contribution in [0.5, 0.6) is 5.75 Å². The van der Waals surface area contributed by atoms with Gasteiger partial charge in [-0.15, -0.1) is 0 Å². The Morgan fingerprint density at radius 3 is 3.00 bits per heavy atom. The highest BCUT2D eigenvalue weighted by atomic mass is 16.5. The maximum absolute atomic E-state index is 11.8. The van der Waals surface area contributed by atoms with E-state index in [9.17, 15) is 9.59 Å². The summed E-state index contributed by atoms with van der Waals surface area (Å²) in [6.45, 7) is 4.15. The lowest BCUT2D eigenvalue weighted by Crippen LogP contribution is -2.25. The monoisotopic (exact) mass is 261 g/mol. The fraction of sp³-hybridized carbons (Fsp3) is 0.286. The van der Waals surface area contributed by atoms with Gasteiger partial charge >= 0.3 is 5.97 Å². The van der Waals surface area contributed by atoms with Crippen LogP contribution in [0, 0.1) is 5.92 Å². The van der Waals surface area contributed by atoms with Crippen LogP contribution < -0.4 is 9.64 Å². The van der Waals surface area contributed by atoms with Gasteiger partial charge in [-0.3, -0.25) is 9.59 Å². The average Bonchev–Trinajstić information content (AvgIpc) is 2.79. The number of carbonyl (C=O) groups is 2. The van der Waals surface area contributed by atoms with Gasteiger partial charge in [0.15, 0.2) is 0 Å². The van der Waals surface area contributed by atoms with E-state index in [4.69, 9.17) is 9.84 Å². The number of nitrogens with zero attached hydrogens (tertiary/aromatic N) is 1. The van der Waals surface area contributed by atoms with Gasteiger partial charge in [0.1, 0.15) is 12.4 Å². The molecule has 5 nitrogen and oxygen atoms in total. The molecule has 1 aliphatic rings. The van der Waals surface area contributed by atoms with Crippen molar-refractivity contribution in [1.29, 1.82) is 0 Å². The number of carboxylic acid groups (broad SMARTS) is 1. The lowest BCUT2D eigenvalue weighted by Gasteiger charge is -2.17. The second-order valence-corrected chi connectivity index (χ2v) is 4.34. The average molecular weight is 261 g/mol. The second-order valence-electron chi connectivity index (χ2n) is 4.34. The van der Waals surface area contributed by atoms with E-state index in [0.717, 1.165) is 0 Å². The van der Waals surface area contributed by atoms with Crippen LogP contribution in [0.15, 0.2) is 36.9 Å². The first kappa shape index (κ1) is 13.1. The molecule has 1 heterocycles. The van der Waals surface area contributed by atoms with Gasteiger partial charge in [-0.05, 0) is 12.1 Å². The van der Waals surface area contributed by atoms with Crippen molar-refractivity contribution in [2.45, 2.75) is 6.42 Å². The third-order valence-electron chi connectivity index (χ3n) is 2.97. The minimum atomic E-state index is -0.935. The summed E-state index contributed by atoms with van der Waals surface area (Å²) in [6.07, 6.45) is 1.68. The summed E-state index contributed by atoms with van der Waals surface area (Å²) in [7, 11) is 0. The van der Waals surface area contributed by atoms with Crippen LogP contribution in [-0.4, -0.2) is 30.1 Å². The number of hydrogen-bond acceptors (Lipinski definition) is 3. The molecule has 1 amide bonds. The van der Waals surface area contributed by atoms with Gasteiger partial charge in [0, 0.05) is 24.7 Å². The third kappa shape index (κ3) is 2.93. The molecular formula is C14H15NO4. The maximum Gasteiger partial charge on any atom is 0.308 e. The van der Waals surface area contributed by atoms with Crippen LogP contribution in [0.2, 0.25) is 0 Å². The number of rotatable bonds is 5. The number of ether oxygens (including phenoxy) is 1. The molecular weight excluding hydrogens is 246 g/mol. The zero-order chi connectivity index (χ0) is 13.8. The Labute approximate surface area is 111 Å². The maximum atomic E-state index is 11.8. The van der Waals surface area contributed by atoms with E-state index in [-0.39, 0.29) is 18.9 Å². The van der Waals surface area contributed by atoms with Crippen molar-refractivity contribution in [3.8, 4) is 5.75 Å². The molecule has 1 aliphatic heterocycles. The van der Waals surface area contributed by atoms with Crippen LogP contribution in [0.4, 0.5) is 5.69 Å². The van der Waals surface area contributed by atoms with E-state index in [1.165, 1.54) is 4.90 Å². The van der Waals surface area contributed by atoms with E-state index < -0.39 is 11.9 Å². The number of amides is 1. The number of aliphatic carboxylic acids is 1. The van der Waals surface area contributed by atoms with Crippen LogP contribution in [-0.2, 0) is 9.59 Å². The normalized spacial score (nSPS) is 18.4. The van der Waals surface area contributed by atoms with Crippen molar-refractivity contribution in [2.24, 2.45) is 5.92 Å². The summed E-state index contributed by atoms with van der Waals surface area (Å²) in [6, 6.07) is 7.05. The number of benzene rings is 1. The van der Waals surface area contributed by atoms with E-state index >= 15 is 0 Å². The Morgan fingerprint density at radius 2 is 2.37 bits per heavy atom. The van der Waals surface area contributed by atoms with Crippen molar-refractivity contribution in [2.75, 3.05) is 18.1 Å². The van der Waals surface area contributed by atoms with Crippen molar-refractivity contribution in [3.63, 3.8) is 0 Å². The molecule has 1 aromatic rings. The van der Waals surface area contributed by atoms with E-state index in [1.807, 2.05) is 0 Å². The molecule has 5 heteroatoms. The summed E-state index contributed by atoms with van der Waals surface area (Å²) in [5.74, 6) is -1.11. The molecule has 0 bridgehead atoms. The predicted molar refractivity (Wildman–Crippen MR) is 70.2 cm³/mol. The molecule has 1 aromatic carbocycles. The van der Waals surface area contributed by atoms with Crippen molar-refractivity contribution >= 4 is 17.6 Å². The van der Waals surface area contributed by atoms with Gasteiger partial charge in [-0.1, -0.05) is 18.7 Å². The van der Waals surface area contributed by atoms with Crippen LogP contribution in [0.25, 0.3) is 0 Å². The van der Waals surface area contributed by atoms with Crippen molar-refractivity contribution in [1.82, 2.24) is 0 Å². The quantitative estimate of drug-likeness (QED) is 0.819. The number of carbonyl (C=O) groups excluding carboxylic acids is 1. The summed E-state index contributed by atoms with van der Waals surface area (Å²) in [5.41, 5.74) is 0.662.